The minimum atomic E-state index is -0.435. The fourth-order valence-corrected chi connectivity index (χ4v) is 8.70. The first-order chi connectivity index (χ1) is 14.2. The van der Waals surface area contributed by atoms with Crippen LogP contribution in [-0.4, -0.2) is 22.4 Å². The molecule has 1 N–H and O–H groups in total. The van der Waals surface area contributed by atoms with E-state index in [1.807, 2.05) is 0 Å². The fourth-order valence-electron chi connectivity index (χ4n) is 8.70. The van der Waals surface area contributed by atoms with Crippen molar-refractivity contribution in [1.29, 1.82) is 0 Å². The average Bonchev–Trinajstić information content (AvgIpc) is 3.05. The van der Waals surface area contributed by atoms with Gasteiger partial charge in [-0.25, -0.2) is 9.78 Å². The molecule has 2 spiro atoms. The molecule has 3 heteroatoms. The number of aliphatic hydroxyl groups is 1. The van der Waals surface area contributed by atoms with Crippen molar-refractivity contribution in [3.05, 3.63) is 24.3 Å². The third-order valence-electron chi connectivity index (χ3n) is 10.4. The Labute approximate surface area is 183 Å². The lowest BCUT2D eigenvalue weighted by Gasteiger charge is -2.69. The summed E-state index contributed by atoms with van der Waals surface area (Å²) < 4.78 is 0. The number of fused-ring (bicyclic) bond motifs is 2. The highest BCUT2D eigenvalue weighted by molar-refractivity contribution is 5.33. The highest BCUT2D eigenvalue weighted by Crippen LogP contribution is 2.72. The SMILES string of the molecule is CC(C)C/C=C/[C@@H](C)[C@H]1CCC2[C@@]34C=C[C@]5(C[C@@H](O)CC[C@]5(C)C3CC[C@@]21C)OO4. The summed E-state index contributed by atoms with van der Waals surface area (Å²) >= 11 is 0. The van der Waals surface area contributed by atoms with Gasteiger partial charge in [-0.15, -0.1) is 0 Å². The van der Waals surface area contributed by atoms with Gasteiger partial charge in [0.15, 0.2) is 0 Å². The lowest BCUT2D eigenvalue weighted by Crippen LogP contribution is -2.73. The molecule has 30 heavy (non-hydrogen) atoms. The van der Waals surface area contributed by atoms with E-state index in [9.17, 15) is 5.11 Å². The van der Waals surface area contributed by atoms with E-state index >= 15 is 0 Å². The van der Waals surface area contributed by atoms with Gasteiger partial charge in [0.05, 0.1) is 6.10 Å². The molecular formula is C27H42O3. The van der Waals surface area contributed by atoms with Crippen molar-refractivity contribution < 1.29 is 14.9 Å². The zero-order chi connectivity index (χ0) is 21.4. The molecular weight excluding hydrogens is 372 g/mol. The number of allylic oxidation sites excluding steroid dienone is 2. The first-order valence-corrected chi connectivity index (χ1v) is 12.6. The second kappa shape index (κ2) is 6.93. The van der Waals surface area contributed by atoms with Crippen LogP contribution in [0, 0.1) is 40.4 Å². The molecule has 168 valence electrons. The van der Waals surface area contributed by atoms with Crippen LogP contribution in [-0.2, 0) is 9.78 Å². The Bertz CT molecular complexity index is 742. The van der Waals surface area contributed by atoms with Crippen molar-refractivity contribution in [3.63, 3.8) is 0 Å². The van der Waals surface area contributed by atoms with Crippen LogP contribution < -0.4 is 0 Å². The molecule has 1 saturated heterocycles. The molecule has 6 aliphatic rings. The van der Waals surface area contributed by atoms with E-state index < -0.39 is 5.60 Å². The second-order valence-corrected chi connectivity index (χ2v) is 12.3. The van der Waals surface area contributed by atoms with Crippen LogP contribution in [0.3, 0.4) is 0 Å². The summed E-state index contributed by atoms with van der Waals surface area (Å²) in [5.74, 6) is 3.08. The van der Waals surface area contributed by atoms with E-state index in [0.717, 1.165) is 18.8 Å². The van der Waals surface area contributed by atoms with Crippen molar-refractivity contribution in [3.8, 4) is 0 Å². The van der Waals surface area contributed by atoms with E-state index in [4.69, 9.17) is 9.78 Å². The lowest BCUT2D eigenvalue weighted by atomic mass is 9.43. The zero-order valence-electron chi connectivity index (χ0n) is 19.7. The Morgan fingerprint density at radius 3 is 2.50 bits per heavy atom. The summed E-state index contributed by atoms with van der Waals surface area (Å²) in [4.78, 5) is 12.7. The summed E-state index contributed by atoms with van der Waals surface area (Å²) in [5, 5.41) is 10.4. The van der Waals surface area contributed by atoms with Crippen LogP contribution in [0.15, 0.2) is 24.3 Å². The van der Waals surface area contributed by atoms with Crippen molar-refractivity contribution in [2.75, 3.05) is 0 Å². The van der Waals surface area contributed by atoms with Crippen molar-refractivity contribution in [2.24, 2.45) is 40.4 Å². The second-order valence-electron chi connectivity index (χ2n) is 12.3. The van der Waals surface area contributed by atoms with Crippen LogP contribution in [0.1, 0.15) is 86.0 Å². The third-order valence-corrected chi connectivity index (χ3v) is 10.4. The maximum atomic E-state index is 10.4. The zero-order valence-corrected chi connectivity index (χ0v) is 19.7. The van der Waals surface area contributed by atoms with Crippen LogP contribution in [0.4, 0.5) is 0 Å². The maximum Gasteiger partial charge on any atom is 0.130 e. The summed E-state index contributed by atoms with van der Waals surface area (Å²) in [6.07, 6.45) is 18.1. The van der Waals surface area contributed by atoms with Gasteiger partial charge in [0.2, 0.25) is 0 Å². The van der Waals surface area contributed by atoms with Gasteiger partial charge in [-0.2, -0.15) is 0 Å². The van der Waals surface area contributed by atoms with Crippen molar-refractivity contribution in [2.45, 2.75) is 103 Å². The predicted molar refractivity (Wildman–Crippen MR) is 120 cm³/mol. The molecule has 3 nitrogen and oxygen atoms in total. The molecule has 3 saturated carbocycles. The molecule has 2 unspecified atom stereocenters. The number of hydrogen-bond donors (Lipinski definition) is 1. The average molecular weight is 415 g/mol. The molecule has 2 heterocycles. The van der Waals surface area contributed by atoms with E-state index in [0.29, 0.717) is 35.5 Å². The molecule has 2 aliphatic heterocycles. The first-order valence-electron chi connectivity index (χ1n) is 12.6. The lowest BCUT2D eigenvalue weighted by molar-refractivity contribution is -0.497. The van der Waals surface area contributed by atoms with Gasteiger partial charge < -0.3 is 5.11 Å². The predicted octanol–water partition coefficient (Wildman–Crippen LogP) is 6.23. The summed E-state index contributed by atoms with van der Waals surface area (Å²) in [7, 11) is 0. The minimum absolute atomic E-state index is 0.0709. The highest BCUT2D eigenvalue weighted by Gasteiger charge is 2.74. The molecule has 0 aromatic heterocycles. The van der Waals surface area contributed by atoms with Gasteiger partial charge in [-0.1, -0.05) is 52.8 Å². The molecule has 6 rings (SSSR count). The van der Waals surface area contributed by atoms with Crippen molar-refractivity contribution >= 4 is 0 Å². The molecule has 0 amide bonds. The van der Waals surface area contributed by atoms with Crippen LogP contribution in [0.2, 0.25) is 0 Å². The summed E-state index contributed by atoms with van der Waals surface area (Å²) in [5.41, 5.74) is -0.341. The molecule has 4 aliphatic carbocycles. The monoisotopic (exact) mass is 414 g/mol. The maximum absolute atomic E-state index is 10.4. The quantitative estimate of drug-likeness (QED) is 0.438. The van der Waals surface area contributed by atoms with E-state index in [1.165, 1.54) is 32.1 Å². The van der Waals surface area contributed by atoms with Gasteiger partial charge in [0.25, 0.3) is 0 Å². The van der Waals surface area contributed by atoms with E-state index in [2.05, 4.69) is 58.9 Å². The molecule has 9 atom stereocenters. The van der Waals surface area contributed by atoms with E-state index in [1.54, 1.807) is 0 Å². The largest absolute Gasteiger partial charge is 0.393 e. The van der Waals surface area contributed by atoms with Gasteiger partial charge in [0, 0.05) is 23.7 Å². The fraction of sp³-hybridized carbons (Fsp3) is 0.852. The minimum Gasteiger partial charge on any atom is -0.393 e. The Morgan fingerprint density at radius 2 is 1.80 bits per heavy atom. The smallest absolute Gasteiger partial charge is 0.130 e. The highest BCUT2D eigenvalue weighted by atomic mass is 17.2. The molecule has 0 aromatic carbocycles. The van der Waals surface area contributed by atoms with Gasteiger partial charge in [-0.3, -0.25) is 0 Å². The first kappa shape index (κ1) is 21.2. The summed E-state index contributed by atoms with van der Waals surface area (Å²) in [6, 6.07) is 0. The molecule has 4 fully saturated rings. The molecule has 0 radical (unpaired) electrons. The Balaban J connectivity index is 1.46. The Morgan fingerprint density at radius 1 is 1.00 bits per heavy atom. The third kappa shape index (κ3) is 2.67. The molecule has 0 aromatic rings. The van der Waals surface area contributed by atoms with Gasteiger partial charge in [0.1, 0.15) is 11.2 Å². The normalized spacial score (nSPS) is 53.0. The summed E-state index contributed by atoms with van der Waals surface area (Å²) in [6.45, 7) is 12.0. The number of rotatable bonds is 4. The topological polar surface area (TPSA) is 38.7 Å². The number of hydrogen-bond acceptors (Lipinski definition) is 3. The molecule has 2 bridgehead atoms. The van der Waals surface area contributed by atoms with Crippen LogP contribution in [0.25, 0.3) is 0 Å². The Hall–Kier alpha value is -0.640. The van der Waals surface area contributed by atoms with E-state index in [-0.39, 0.29) is 17.1 Å². The van der Waals surface area contributed by atoms with Gasteiger partial charge in [-0.05, 0) is 74.2 Å². The number of aliphatic hydroxyl groups excluding tert-OH is 1. The Kier molecular flexibility index (Phi) is 4.90. The van der Waals surface area contributed by atoms with Crippen molar-refractivity contribution in [1.82, 2.24) is 0 Å². The van der Waals surface area contributed by atoms with Crippen LogP contribution in [0.5, 0.6) is 0 Å². The van der Waals surface area contributed by atoms with Gasteiger partial charge >= 0.3 is 0 Å². The van der Waals surface area contributed by atoms with Crippen LogP contribution >= 0.6 is 0 Å². The standard InChI is InChI=1S/C27H42O3/c1-18(2)7-6-8-19(3)21-9-10-22-24(21,4)13-12-23-25(5)14-11-20(28)17-26(25)15-16-27(22,23)30-29-26/h6,8,15-16,18-23,28H,7,9-14,17H2,1-5H3/b8-6+/t19-,20+,21-,22?,23?,24-,25-,26-,27+/m1/s1.